The number of halogens is 2. The van der Waals surface area contributed by atoms with Crippen LogP contribution in [0, 0.1) is 17.1 Å². The molecular formula is C29H28ClFN6O4. The minimum atomic E-state index is -0.961. The van der Waals surface area contributed by atoms with Gasteiger partial charge in [-0.05, 0) is 49.6 Å². The van der Waals surface area contributed by atoms with Crippen LogP contribution >= 0.6 is 11.6 Å². The Balaban J connectivity index is 1.10. The molecule has 1 atom stereocenters. The summed E-state index contributed by atoms with van der Waals surface area (Å²) in [6.07, 6.45) is 4.52. The van der Waals surface area contributed by atoms with Crippen molar-refractivity contribution >= 4 is 28.6 Å². The van der Waals surface area contributed by atoms with Crippen LogP contribution in [0.3, 0.4) is 0 Å². The molecule has 1 N–H and O–H groups in total. The minimum Gasteiger partial charge on any atom is -0.478 e. The Morgan fingerprint density at radius 3 is 2.71 bits per heavy atom. The summed E-state index contributed by atoms with van der Waals surface area (Å²) in [5, 5.41) is 23.3. The largest absolute Gasteiger partial charge is 0.478 e. The van der Waals surface area contributed by atoms with E-state index in [1.54, 1.807) is 30.5 Å². The Kier molecular flexibility index (Phi) is 7.62. The van der Waals surface area contributed by atoms with Crippen molar-refractivity contribution in [1.82, 2.24) is 24.2 Å². The third-order valence-electron chi connectivity index (χ3n) is 7.75. The molecule has 4 aromatic rings. The lowest BCUT2D eigenvalue weighted by Crippen LogP contribution is -2.36. The standard InChI is InChI=1S/C29H28ClFN6O4/c30-23-15-37(34-28(23)41-17-20-2-1-18(13-32)11-24(20)31)21-5-8-35(9-6-21)16-27-33-25-4-3-19(29(38)39)12-26(25)36(27)14-22-7-10-40-22/h1-4,11-12,15,21-22H,5-10,14,16-17H2,(H,38,39). The Bertz CT molecular complexity index is 1630. The smallest absolute Gasteiger partial charge is 0.335 e. The molecule has 0 spiro atoms. The fourth-order valence-electron chi connectivity index (χ4n) is 5.32. The number of fused-ring (bicyclic) bond motifs is 1. The van der Waals surface area contributed by atoms with Gasteiger partial charge in [0.15, 0.2) is 0 Å². The number of imidazole rings is 1. The summed E-state index contributed by atoms with van der Waals surface area (Å²) in [6, 6.07) is 11.3. The van der Waals surface area contributed by atoms with Gasteiger partial charge in [-0.15, -0.1) is 5.10 Å². The quantitative estimate of drug-likeness (QED) is 0.301. The van der Waals surface area contributed by atoms with Crippen LogP contribution in [0.15, 0.2) is 42.6 Å². The number of benzene rings is 2. The second-order valence-corrected chi connectivity index (χ2v) is 10.8. The summed E-state index contributed by atoms with van der Waals surface area (Å²) in [5.41, 5.74) is 2.39. The molecule has 0 aliphatic carbocycles. The molecule has 0 amide bonds. The van der Waals surface area contributed by atoms with E-state index in [9.17, 15) is 14.3 Å². The normalized spacial score (nSPS) is 17.8. The number of ether oxygens (including phenoxy) is 2. The fourth-order valence-corrected chi connectivity index (χ4v) is 5.51. The highest BCUT2D eigenvalue weighted by molar-refractivity contribution is 6.31. The predicted molar refractivity (Wildman–Crippen MR) is 147 cm³/mol. The summed E-state index contributed by atoms with van der Waals surface area (Å²) in [6.45, 7) is 3.62. The van der Waals surface area contributed by atoms with Gasteiger partial charge in [0.2, 0.25) is 0 Å². The van der Waals surface area contributed by atoms with Gasteiger partial charge in [-0.2, -0.15) is 5.26 Å². The number of hydrogen-bond acceptors (Lipinski definition) is 7. The first-order valence-corrected chi connectivity index (χ1v) is 13.9. The molecule has 2 aromatic carbocycles. The lowest BCUT2D eigenvalue weighted by atomic mass is 10.1. The molecule has 1 unspecified atom stereocenters. The Labute approximate surface area is 240 Å². The molecule has 12 heteroatoms. The van der Waals surface area contributed by atoms with E-state index in [4.69, 9.17) is 31.3 Å². The van der Waals surface area contributed by atoms with Crippen molar-refractivity contribution in [2.75, 3.05) is 19.7 Å². The lowest BCUT2D eigenvalue weighted by molar-refractivity contribution is -0.0592. The molecule has 0 radical (unpaired) electrons. The predicted octanol–water partition coefficient (Wildman–Crippen LogP) is 4.80. The number of aromatic carboxylic acids is 1. The van der Waals surface area contributed by atoms with Crippen molar-refractivity contribution in [3.05, 3.63) is 75.9 Å². The second kappa shape index (κ2) is 11.5. The molecule has 10 nitrogen and oxygen atoms in total. The molecule has 2 saturated heterocycles. The number of aromatic nitrogens is 4. The number of nitriles is 1. The third kappa shape index (κ3) is 5.77. The van der Waals surface area contributed by atoms with Crippen molar-refractivity contribution in [3.63, 3.8) is 0 Å². The van der Waals surface area contributed by atoms with Crippen LogP contribution in [0.2, 0.25) is 5.02 Å². The number of rotatable bonds is 9. The van der Waals surface area contributed by atoms with Crippen LogP contribution in [0.25, 0.3) is 11.0 Å². The van der Waals surface area contributed by atoms with E-state index in [1.165, 1.54) is 12.1 Å². The van der Waals surface area contributed by atoms with E-state index in [-0.39, 0.29) is 35.8 Å². The Morgan fingerprint density at radius 1 is 1.22 bits per heavy atom. The lowest BCUT2D eigenvalue weighted by Gasteiger charge is -2.32. The second-order valence-electron chi connectivity index (χ2n) is 10.4. The third-order valence-corrected chi connectivity index (χ3v) is 8.01. The van der Waals surface area contributed by atoms with Crippen LogP contribution in [-0.2, 0) is 24.4 Å². The number of likely N-dealkylation sites (tertiary alicyclic amines) is 1. The zero-order chi connectivity index (χ0) is 28.5. The van der Waals surface area contributed by atoms with Gasteiger partial charge in [0.25, 0.3) is 5.88 Å². The number of piperidine rings is 1. The molecule has 2 aliphatic heterocycles. The van der Waals surface area contributed by atoms with Crippen molar-refractivity contribution in [2.24, 2.45) is 0 Å². The van der Waals surface area contributed by atoms with Gasteiger partial charge in [0.05, 0.1) is 53.5 Å². The first kappa shape index (κ1) is 27.2. The summed E-state index contributed by atoms with van der Waals surface area (Å²) in [4.78, 5) is 18.8. The molecule has 2 aromatic heterocycles. The highest BCUT2D eigenvalue weighted by Gasteiger charge is 2.26. The highest BCUT2D eigenvalue weighted by atomic mass is 35.5. The van der Waals surface area contributed by atoms with Crippen LogP contribution in [0.5, 0.6) is 5.88 Å². The van der Waals surface area contributed by atoms with Gasteiger partial charge in [-0.25, -0.2) is 14.2 Å². The van der Waals surface area contributed by atoms with E-state index in [1.807, 2.05) is 10.8 Å². The molecule has 0 bridgehead atoms. The number of carbonyl (C=O) groups is 1. The summed E-state index contributed by atoms with van der Waals surface area (Å²) in [7, 11) is 0. The Hall–Kier alpha value is -3.98. The number of carboxylic acid groups (broad SMARTS) is 1. The molecule has 0 saturated carbocycles. The van der Waals surface area contributed by atoms with Crippen LogP contribution < -0.4 is 4.74 Å². The van der Waals surface area contributed by atoms with E-state index in [0.29, 0.717) is 23.7 Å². The number of carboxylic acids is 1. The summed E-state index contributed by atoms with van der Waals surface area (Å²) in [5.74, 6) is -0.338. The summed E-state index contributed by atoms with van der Waals surface area (Å²) >= 11 is 6.39. The topological polar surface area (TPSA) is 118 Å². The van der Waals surface area contributed by atoms with Gasteiger partial charge in [-0.3, -0.25) is 9.58 Å². The van der Waals surface area contributed by atoms with E-state index < -0.39 is 11.8 Å². The SMILES string of the molecule is N#Cc1ccc(COc2nn(C3CCN(Cc4nc5ccc(C(=O)O)cc5n4CC4CCO4)CC3)cc2Cl)c(F)c1. The average molecular weight is 579 g/mol. The maximum Gasteiger partial charge on any atom is 0.335 e. The molecule has 6 rings (SSSR count). The van der Waals surface area contributed by atoms with E-state index >= 15 is 0 Å². The van der Waals surface area contributed by atoms with Gasteiger partial charge in [-0.1, -0.05) is 17.7 Å². The Morgan fingerprint density at radius 2 is 2.02 bits per heavy atom. The van der Waals surface area contributed by atoms with Crippen molar-refractivity contribution < 1.29 is 23.8 Å². The molecule has 2 fully saturated rings. The van der Waals surface area contributed by atoms with Gasteiger partial charge in [0, 0.05) is 31.5 Å². The maximum atomic E-state index is 14.2. The maximum absolute atomic E-state index is 14.2. The zero-order valence-electron chi connectivity index (χ0n) is 22.2. The first-order valence-electron chi connectivity index (χ1n) is 13.5. The van der Waals surface area contributed by atoms with E-state index in [2.05, 4.69) is 14.6 Å². The molecule has 4 heterocycles. The van der Waals surface area contributed by atoms with Crippen molar-refractivity contribution in [3.8, 4) is 11.9 Å². The molecular weight excluding hydrogens is 551 g/mol. The van der Waals surface area contributed by atoms with Crippen LogP contribution in [0.4, 0.5) is 4.39 Å². The molecule has 2 aliphatic rings. The fraction of sp³-hybridized carbons (Fsp3) is 0.379. The van der Waals surface area contributed by atoms with Crippen LogP contribution in [-0.4, -0.2) is 61.1 Å². The van der Waals surface area contributed by atoms with Gasteiger partial charge < -0.3 is 19.1 Å². The van der Waals surface area contributed by atoms with Gasteiger partial charge in [0.1, 0.15) is 23.3 Å². The van der Waals surface area contributed by atoms with Crippen molar-refractivity contribution in [2.45, 2.75) is 51.1 Å². The number of hydrogen-bond donors (Lipinski definition) is 1. The van der Waals surface area contributed by atoms with Crippen LogP contribution in [0.1, 0.15) is 52.6 Å². The summed E-state index contributed by atoms with van der Waals surface area (Å²) < 4.78 is 29.5. The first-order chi connectivity index (χ1) is 19.9. The van der Waals surface area contributed by atoms with Crippen molar-refractivity contribution in [1.29, 1.82) is 5.26 Å². The number of nitrogens with zero attached hydrogens (tertiary/aromatic N) is 6. The monoisotopic (exact) mass is 578 g/mol. The molecule has 41 heavy (non-hydrogen) atoms. The molecule has 212 valence electrons. The highest BCUT2D eigenvalue weighted by Crippen LogP contribution is 2.30. The van der Waals surface area contributed by atoms with E-state index in [0.717, 1.165) is 55.8 Å². The van der Waals surface area contributed by atoms with Gasteiger partial charge >= 0.3 is 5.97 Å². The zero-order valence-corrected chi connectivity index (χ0v) is 22.9. The average Bonchev–Trinajstić information content (AvgIpc) is 3.49. The minimum absolute atomic E-state index is 0.0480.